The van der Waals surface area contributed by atoms with E-state index in [1.54, 1.807) is 37.0 Å². The number of halogens is 1. The van der Waals surface area contributed by atoms with Crippen LogP contribution in [0.2, 0.25) is 0 Å². The second-order valence-electron chi connectivity index (χ2n) is 7.47. The molecule has 1 aliphatic rings. The Kier molecular flexibility index (Phi) is 9.29. The van der Waals surface area contributed by atoms with Crippen molar-refractivity contribution < 1.29 is 14.3 Å². The summed E-state index contributed by atoms with van der Waals surface area (Å²) in [4.78, 5) is 34.6. The summed E-state index contributed by atoms with van der Waals surface area (Å²) >= 11 is 0. The molecule has 32 heavy (non-hydrogen) atoms. The Balaban J connectivity index is 0.00000363. The second kappa shape index (κ2) is 11.7. The van der Waals surface area contributed by atoms with Gasteiger partial charge in [0.25, 0.3) is 0 Å². The molecule has 1 fully saturated rings. The van der Waals surface area contributed by atoms with Crippen molar-refractivity contribution in [1.29, 1.82) is 0 Å². The summed E-state index contributed by atoms with van der Waals surface area (Å²) in [5.74, 6) is 1.19. The number of aryl methyl sites for hydroxylation is 1. The Hall–Kier alpha value is -2.83. The molecule has 0 atom stereocenters. The maximum Gasteiger partial charge on any atom is 0.246 e. The van der Waals surface area contributed by atoms with Crippen molar-refractivity contribution in [1.82, 2.24) is 24.9 Å². The molecule has 0 aliphatic carbocycles. The van der Waals surface area contributed by atoms with Crippen LogP contribution < -0.4 is 15.0 Å². The maximum atomic E-state index is 12.8. The van der Waals surface area contributed by atoms with Crippen LogP contribution in [-0.2, 0) is 23.2 Å². The van der Waals surface area contributed by atoms with Crippen molar-refractivity contribution in [3.05, 3.63) is 42.2 Å². The summed E-state index contributed by atoms with van der Waals surface area (Å²) in [6, 6.07) is 7.64. The van der Waals surface area contributed by atoms with Gasteiger partial charge < -0.3 is 24.8 Å². The highest BCUT2D eigenvalue weighted by molar-refractivity contribution is 14.0. The number of piperazine rings is 1. The Bertz CT molecular complexity index is 943. The first-order valence-corrected chi connectivity index (χ1v) is 10.0. The number of likely N-dealkylation sites (N-methyl/N-ethyl adjacent to an activating group) is 1. The van der Waals surface area contributed by atoms with Crippen LogP contribution in [0.1, 0.15) is 5.56 Å². The van der Waals surface area contributed by atoms with E-state index in [0.29, 0.717) is 25.6 Å². The fourth-order valence-corrected chi connectivity index (χ4v) is 3.15. The number of carbonyl (C=O) groups is 2. The number of anilines is 1. The smallest absolute Gasteiger partial charge is 0.246 e. The predicted octanol–water partition coefficient (Wildman–Crippen LogP) is 0.929. The topological polar surface area (TPSA) is 95.3 Å². The molecule has 1 N–H and O–H groups in total. The summed E-state index contributed by atoms with van der Waals surface area (Å²) < 4.78 is 6.86. The van der Waals surface area contributed by atoms with Crippen molar-refractivity contribution in [2.75, 3.05) is 52.3 Å². The summed E-state index contributed by atoms with van der Waals surface area (Å²) in [5, 5.41) is 7.26. The fraction of sp³-hybridized carbons (Fsp3) is 0.429. The summed E-state index contributed by atoms with van der Waals surface area (Å²) in [6.07, 6.45) is 3.50. The van der Waals surface area contributed by atoms with Crippen LogP contribution in [0.3, 0.4) is 0 Å². The zero-order chi connectivity index (χ0) is 22.4. The van der Waals surface area contributed by atoms with Crippen LogP contribution in [0, 0.1) is 0 Å². The molecule has 1 saturated heterocycles. The number of aromatic nitrogens is 2. The van der Waals surface area contributed by atoms with Gasteiger partial charge in [0.2, 0.25) is 11.8 Å². The summed E-state index contributed by atoms with van der Waals surface area (Å²) in [5.41, 5.74) is 1.78. The van der Waals surface area contributed by atoms with E-state index >= 15 is 0 Å². The number of ether oxygens (including phenoxy) is 1. The van der Waals surface area contributed by atoms with E-state index in [2.05, 4.69) is 15.4 Å². The first kappa shape index (κ1) is 25.4. The van der Waals surface area contributed by atoms with Gasteiger partial charge in [0.1, 0.15) is 12.3 Å². The number of rotatable bonds is 6. The average Bonchev–Trinajstić information content (AvgIpc) is 3.19. The fourth-order valence-electron chi connectivity index (χ4n) is 3.15. The van der Waals surface area contributed by atoms with Crippen LogP contribution in [-0.4, -0.2) is 84.7 Å². The Labute approximate surface area is 205 Å². The molecular weight excluding hydrogens is 525 g/mol. The molecule has 2 amide bonds. The first-order chi connectivity index (χ1) is 14.9. The molecular formula is C21H30IN7O3. The van der Waals surface area contributed by atoms with Crippen LogP contribution in [0.4, 0.5) is 5.69 Å². The Morgan fingerprint density at radius 2 is 1.97 bits per heavy atom. The highest BCUT2D eigenvalue weighted by Crippen LogP contribution is 2.16. The van der Waals surface area contributed by atoms with E-state index in [1.807, 2.05) is 42.4 Å². The largest absolute Gasteiger partial charge is 0.497 e. The van der Waals surface area contributed by atoms with Gasteiger partial charge in [-0.3, -0.25) is 14.3 Å². The minimum atomic E-state index is -0.0718. The lowest BCUT2D eigenvalue weighted by atomic mass is 10.2. The van der Waals surface area contributed by atoms with Gasteiger partial charge in [-0.2, -0.15) is 5.10 Å². The lowest BCUT2D eigenvalue weighted by Gasteiger charge is -2.35. The highest BCUT2D eigenvalue weighted by Gasteiger charge is 2.28. The van der Waals surface area contributed by atoms with E-state index < -0.39 is 0 Å². The monoisotopic (exact) mass is 555 g/mol. The molecule has 0 unspecified atom stereocenters. The van der Waals surface area contributed by atoms with Gasteiger partial charge in [-0.25, -0.2) is 4.99 Å². The Morgan fingerprint density at radius 3 is 2.53 bits per heavy atom. The van der Waals surface area contributed by atoms with Crippen LogP contribution in [0.5, 0.6) is 5.75 Å². The van der Waals surface area contributed by atoms with E-state index in [1.165, 1.54) is 4.90 Å². The maximum absolute atomic E-state index is 12.8. The van der Waals surface area contributed by atoms with E-state index in [0.717, 1.165) is 17.0 Å². The van der Waals surface area contributed by atoms with Crippen LogP contribution >= 0.6 is 24.0 Å². The average molecular weight is 555 g/mol. The summed E-state index contributed by atoms with van der Waals surface area (Å²) in [6.45, 7) is 1.78. The number of hydrogen-bond acceptors (Lipinski definition) is 5. The second-order valence-corrected chi connectivity index (χ2v) is 7.47. The number of carbonyl (C=O) groups excluding carboxylic acids is 2. The molecule has 10 nitrogen and oxygen atoms in total. The van der Waals surface area contributed by atoms with Crippen molar-refractivity contribution in [3.63, 3.8) is 0 Å². The zero-order valence-corrected chi connectivity index (χ0v) is 21.1. The minimum Gasteiger partial charge on any atom is -0.497 e. The third kappa shape index (κ3) is 6.58. The van der Waals surface area contributed by atoms with Crippen LogP contribution in [0.25, 0.3) is 0 Å². The number of amides is 2. The van der Waals surface area contributed by atoms with Gasteiger partial charge >= 0.3 is 0 Å². The molecule has 1 aromatic carbocycles. The quantitative estimate of drug-likeness (QED) is 0.324. The highest BCUT2D eigenvalue weighted by atomic mass is 127. The molecule has 174 valence electrons. The zero-order valence-electron chi connectivity index (χ0n) is 18.8. The molecule has 2 heterocycles. The number of hydrogen-bond donors (Lipinski definition) is 1. The number of nitrogens with zero attached hydrogens (tertiary/aromatic N) is 6. The number of guanidine groups is 1. The van der Waals surface area contributed by atoms with Crippen molar-refractivity contribution in [2.45, 2.75) is 6.54 Å². The van der Waals surface area contributed by atoms with Gasteiger partial charge in [0.15, 0.2) is 5.96 Å². The normalized spacial score (nSPS) is 14.1. The number of nitrogens with one attached hydrogen (secondary N) is 1. The molecule has 0 saturated carbocycles. The molecule has 11 heteroatoms. The van der Waals surface area contributed by atoms with Crippen molar-refractivity contribution in [2.24, 2.45) is 12.0 Å². The van der Waals surface area contributed by atoms with E-state index in [-0.39, 0.29) is 48.9 Å². The van der Waals surface area contributed by atoms with Gasteiger partial charge in [0.05, 0.1) is 32.1 Å². The summed E-state index contributed by atoms with van der Waals surface area (Å²) in [7, 11) is 6.85. The van der Waals surface area contributed by atoms with Gasteiger partial charge in [-0.1, -0.05) is 12.1 Å². The Morgan fingerprint density at radius 1 is 1.25 bits per heavy atom. The van der Waals surface area contributed by atoms with Crippen molar-refractivity contribution in [3.8, 4) is 5.75 Å². The van der Waals surface area contributed by atoms with Gasteiger partial charge in [0, 0.05) is 40.4 Å². The molecule has 0 bridgehead atoms. The van der Waals surface area contributed by atoms with Crippen LogP contribution in [0.15, 0.2) is 41.7 Å². The minimum absolute atomic E-state index is 0. The SMILES string of the molecule is COc1ccc(CN=C(NCC(=O)N(C)C)N2CCN(c3cnn(C)c3)C(=O)C2)cc1.I. The van der Waals surface area contributed by atoms with Gasteiger partial charge in [-0.15, -0.1) is 24.0 Å². The number of benzene rings is 1. The van der Waals surface area contributed by atoms with Gasteiger partial charge in [-0.05, 0) is 17.7 Å². The molecule has 1 aromatic heterocycles. The predicted molar refractivity (Wildman–Crippen MR) is 133 cm³/mol. The number of aliphatic imine (C=N–C) groups is 1. The molecule has 3 rings (SSSR count). The first-order valence-electron chi connectivity index (χ1n) is 10.0. The standard InChI is InChI=1S/C21H29N7O3.HI/c1-25(2)19(29)13-23-21(22-11-16-5-7-18(31-4)8-6-16)27-9-10-28(20(30)15-27)17-12-24-26(3)14-17;/h5-8,12,14H,9-11,13,15H2,1-4H3,(H,22,23);1H. The van der Waals surface area contributed by atoms with Crippen molar-refractivity contribution >= 4 is 47.4 Å². The molecule has 1 aliphatic heterocycles. The number of methoxy groups -OCH3 is 1. The lowest BCUT2D eigenvalue weighted by Crippen LogP contribution is -2.56. The molecule has 0 radical (unpaired) electrons. The third-order valence-electron chi connectivity index (χ3n) is 4.99. The molecule has 2 aromatic rings. The van der Waals surface area contributed by atoms with E-state index in [4.69, 9.17) is 4.74 Å². The van der Waals surface area contributed by atoms with E-state index in [9.17, 15) is 9.59 Å². The lowest BCUT2D eigenvalue weighted by molar-refractivity contribution is -0.127. The third-order valence-corrected chi connectivity index (χ3v) is 4.99. The molecule has 0 spiro atoms.